The van der Waals surface area contributed by atoms with Crippen LogP contribution in [-0.4, -0.2) is 48.8 Å². The predicted molar refractivity (Wildman–Crippen MR) is 194 cm³/mol. The van der Waals surface area contributed by atoms with Gasteiger partial charge >= 0.3 is 0 Å². The quantitative estimate of drug-likeness (QED) is 0.140. The number of ether oxygens (including phenoxy) is 2. The largest absolute Gasteiger partial charge is 0.441 e. The van der Waals surface area contributed by atoms with Gasteiger partial charge in [-0.05, 0) is 101 Å². The Bertz CT molecular complexity index is 1380. The number of rotatable bonds is 16. The minimum absolute atomic E-state index is 0.0299. The van der Waals surface area contributed by atoms with Crippen LogP contribution in [0.25, 0.3) is 11.1 Å². The minimum Gasteiger partial charge on any atom is -0.441 e. The molecule has 1 saturated heterocycles. The fourth-order valence-electron chi connectivity index (χ4n) is 6.30. The Balaban J connectivity index is 1.66. The number of carbonyl (C=O) groups is 1. The fourth-order valence-corrected chi connectivity index (χ4v) is 7.60. The number of Topliss-reactive ketones (excluding diaryl/α,β-unsaturated/α-hetero) is 1. The van der Waals surface area contributed by atoms with Crippen LogP contribution in [0.3, 0.4) is 0 Å². The van der Waals surface area contributed by atoms with E-state index in [1.54, 1.807) is 6.08 Å². The number of aliphatic hydroxyl groups is 1. The standard InChI is InChI=1S/C39H63NO6Si/c1-14-16-30(36(42)38(8,9)34-23-24-43-39(10,11)45-34)35(41)27(3)18-15-17-26(2)19-21-32(46-47(12,13)37(5,6)7)29-20-22-33-31(25-29)40-28(4)44-33/h14,19-20,22,25,27,30,32,34-35,41H,1,15-18,21,23-24H2,2-13H3/t27-,30?,32-,34-,35+/m0/s1. The second-order valence-electron chi connectivity index (χ2n) is 16.3. The van der Waals surface area contributed by atoms with Crippen LogP contribution in [0.5, 0.6) is 0 Å². The lowest BCUT2D eigenvalue weighted by Crippen LogP contribution is -2.52. The smallest absolute Gasteiger partial charge is 0.192 e. The van der Waals surface area contributed by atoms with Gasteiger partial charge in [0.1, 0.15) is 11.3 Å². The number of benzene rings is 1. The third kappa shape index (κ3) is 10.2. The molecule has 0 bridgehead atoms. The SMILES string of the molecule is C=CCC(C(=O)C(C)(C)[C@@H]1CCOC(C)(C)O1)[C@H](O)[C@@H](C)CCCC(C)=CC[C@H](O[Si](C)(C)C(C)(C)C)c1ccc2oc(C)nc2c1. The molecule has 0 radical (unpaired) electrons. The van der Waals surface area contributed by atoms with Crippen molar-refractivity contribution in [2.24, 2.45) is 17.3 Å². The molecule has 2 heterocycles. The van der Waals surface area contributed by atoms with Crippen LogP contribution >= 0.6 is 0 Å². The van der Waals surface area contributed by atoms with Gasteiger partial charge in [0.2, 0.25) is 0 Å². The first-order chi connectivity index (χ1) is 21.7. The van der Waals surface area contributed by atoms with Crippen molar-refractivity contribution in [1.82, 2.24) is 4.98 Å². The number of ketones is 1. The first-order valence-electron chi connectivity index (χ1n) is 17.5. The molecule has 1 aromatic heterocycles. The number of hydrogen-bond acceptors (Lipinski definition) is 7. The number of nitrogens with zero attached hydrogens (tertiary/aromatic N) is 1. The van der Waals surface area contributed by atoms with Crippen molar-refractivity contribution in [3.05, 3.63) is 54.0 Å². The van der Waals surface area contributed by atoms with Crippen LogP contribution in [0.1, 0.15) is 118 Å². The molecular formula is C39H63NO6Si. The van der Waals surface area contributed by atoms with Crippen LogP contribution in [0, 0.1) is 24.2 Å². The highest BCUT2D eigenvalue weighted by atomic mass is 28.4. The lowest BCUT2D eigenvalue weighted by atomic mass is 9.71. The van der Waals surface area contributed by atoms with Crippen molar-refractivity contribution in [3.8, 4) is 0 Å². The molecule has 5 atom stereocenters. The number of hydrogen-bond donors (Lipinski definition) is 1. The molecule has 1 N–H and O–H groups in total. The van der Waals surface area contributed by atoms with E-state index in [9.17, 15) is 9.90 Å². The third-order valence-electron chi connectivity index (χ3n) is 10.5. The summed E-state index contributed by atoms with van der Waals surface area (Å²) in [5.41, 5.74) is 3.31. The highest BCUT2D eigenvalue weighted by Gasteiger charge is 2.47. The first-order valence-corrected chi connectivity index (χ1v) is 20.4. The van der Waals surface area contributed by atoms with Crippen molar-refractivity contribution in [3.63, 3.8) is 0 Å². The predicted octanol–water partition coefficient (Wildman–Crippen LogP) is 10.0. The topological polar surface area (TPSA) is 91.0 Å². The fraction of sp³-hybridized carbons (Fsp3) is 0.692. The zero-order valence-corrected chi connectivity index (χ0v) is 32.4. The minimum atomic E-state index is -2.05. The number of aromatic nitrogens is 1. The molecule has 2 aromatic rings. The van der Waals surface area contributed by atoms with Crippen LogP contribution in [0.4, 0.5) is 0 Å². The molecule has 1 aliphatic rings. The first kappa shape index (κ1) is 39.3. The van der Waals surface area contributed by atoms with Gasteiger partial charge in [-0.25, -0.2) is 4.98 Å². The van der Waals surface area contributed by atoms with Crippen LogP contribution in [0.15, 0.2) is 46.9 Å². The summed E-state index contributed by atoms with van der Waals surface area (Å²) in [5.74, 6) is -0.598. The summed E-state index contributed by atoms with van der Waals surface area (Å²) in [4.78, 5) is 18.5. The molecule has 1 aliphatic heterocycles. The highest BCUT2D eigenvalue weighted by molar-refractivity contribution is 6.74. The van der Waals surface area contributed by atoms with E-state index in [0.29, 0.717) is 25.3 Å². The second-order valence-corrected chi connectivity index (χ2v) is 21.1. The Labute approximate surface area is 285 Å². The molecule has 7 nitrogen and oxygen atoms in total. The molecular weight excluding hydrogens is 607 g/mol. The van der Waals surface area contributed by atoms with E-state index >= 15 is 0 Å². The Hall–Kier alpha value is -2.10. The molecule has 0 saturated carbocycles. The molecule has 1 aromatic carbocycles. The summed E-state index contributed by atoms with van der Waals surface area (Å²) in [6.07, 6.45) is 7.48. The molecule has 47 heavy (non-hydrogen) atoms. The summed E-state index contributed by atoms with van der Waals surface area (Å²) in [6.45, 7) is 29.6. The van der Waals surface area contributed by atoms with Crippen LogP contribution < -0.4 is 0 Å². The van der Waals surface area contributed by atoms with E-state index in [0.717, 1.165) is 42.3 Å². The van der Waals surface area contributed by atoms with Gasteiger partial charge in [-0.1, -0.05) is 65.3 Å². The number of allylic oxidation sites excluding steroid dienone is 2. The van der Waals surface area contributed by atoms with E-state index in [1.165, 1.54) is 5.57 Å². The number of carbonyl (C=O) groups excluding carboxylic acids is 1. The van der Waals surface area contributed by atoms with Gasteiger partial charge in [0, 0.05) is 12.8 Å². The van der Waals surface area contributed by atoms with Crippen LogP contribution in [0.2, 0.25) is 18.1 Å². The van der Waals surface area contributed by atoms with Crippen molar-refractivity contribution < 1.29 is 28.2 Å². The average Bonchev–Trinajstić information content (AvgIpc) is 3.35. The molecule has 8 heteroatoms. The van der Waals surface area contributed by atoms with Crippen molar-refractivity contribution in [1.29, 1.82) is 0 Å². The number of fused-ring (bicyclic) bond motifs is 1. The maximum atomic E-state index is 13.9. The highest BCUT2D eigenvalue weighted by Crippen LogP contribution is 2.42. The van der Waals surface area contributed by atoms with Crippen molar-refractivity contribution in [2.75, 3.05) is 6.61 Å². The van der Waals surface area contributed by atoms with E-state index < -0.39 is 31.5 Å². The molecule has 0 spiro atoms. The van der Waals surface area contributed by atoms with Crippen molar-refractivity contribution >= 4 is 25.2 Å². The Morgan fingerprint density at radius 1 is 1.21 bits per heavy atom. The van der Waals surface area contributed by atoms with Gasteiger partial charge < -0.3 is 23.4 Å². The van der Waals surface area contributed by atoms with E-state index in [1.807, 2.05) is 40.7 Å². The Morgan fingerprint density at radius 3 is 2.51 bits per heavy atom. The number of oxazole rings is 1. The second kappa shape index (κ2) is 15.6. The lowest BCUT2D eigenvalue weighted by molar-refractivity contribution is -0.289. The Kier molecular flexibility index (Phi) is 13.1. The van der Waals surface area contributed by atoms with E-state index in [2.05, 4.69) is 77.5 Å². The average molecular weight is 670 g/mol. The van der Waals surface area contributed by atoms with Gasteiger partial charge in [-0.3, -0.25) is 4.79 Å². The maximum absolute atomic E-state index is 13.9. The molecule has 3 rings (SSSR count). The summed E-state index contributed by atoms with van der Waals surface area (Å²) in [6, 6.07) is 6.21. The maximum Gasteiger partial charge on any atom is 0.192 e. The van der Waals surface area contributed by atoms with E-state index in [-0.39, 0.29) is 28.9 Å². The summed E-state index contributed by atoms with van der Waals surface area (Å²) in [7, 11) is -2.05. The van der Waals surface area contributed by atoms with Gasteiger partial charge in [-0.2, -0.15) is 0 Å². The van der Waals surface area contributed by atoms with Crippen molar-refractivity contribution in [2.45, 2.75) is 150 Å². The van der Waals surface area contributed by atoms with Gasteiger partial charge in [0.05, 0.1) is 30.3 Å². The molecule has 0 aliphatic carbocycles. The number of aryl methyl sites for hydroxylation is 1. The van der Waals surface area contributed by atoms with Gasteiger partial charge in [0.25, 0.3) is 0 Å². The number of aliphatic hydroxyl groups excluding tert-OH is 1. The van der Waals surface area contributed by atoms with E-state index in [4.69, 9.17) is 18.3 Å². The molecule has 1 unspecified atom stereocenters. The summed E-state index contributed by atoms with van der Waals surface area (Å²) < 4.78 is 24.6. The summed E-state index contributed by atoms with van der Waals surface area (Å²) in [5, 5.41) is 11.6. The summed E-state index contributed by atoms with van der Waals surface area (Å²) >= 11 is 0. The molecule has 264 valence electrons. The van der Waals surface area contributed by atoms with Gasteiger partial charge in [-0.15, -0.1) is 6.58 Å². The normalized spacial score (nSPS) is 20.5. The van der Waals surface area contributed by atoms with Crippen LogP contribution in [-0.2, 0) is 18.7 Å². The molecule has 0 amide bonds. The Morgan fingerprint density at radius 2 is 1.89 bits per heavy atom. The lowest BCUT2D eigenvalue weighted by Gasteiger charge is -2.44. The third-order valence-corrected chi connectivity index (χ3v) is 15.0. The zero-order valence-electron chi connectivity index (χ0n) is 31.4. The molecule has 1 fully saturated rings. The monoisotopic (exact) mass is 669 g/mol. The van der Waals surface area contributed by atoms with Gasteiger partial charge in [0.15, 0.2) is 25.6 Å². The zero-order chi connectivity index (χ0) is 35.4.